The first-order valence-electron chi connectivity index (χ1n) is 8.44. The topological polar surface area (TPSA) is 204 Å². The molecule has 0 aromatic carbocycles. The van der Waals surface area contributed by atoms with Crippen molar-refractivity contribution in [2.24, 2.45) is 0 Å². The normalized spacial score (nSPS) is 44.1. The number of rotatable bonds is 6. The van der Waals surface area contributed by atoms with Gasteiger partial charge in [-0.25, -0.2) is 4.79 Å². The molecule has 0 radical (unpaired) electrons. The molecule has 0 spiro atoms. The van der Waals surface area contributed by atoms with E-state index in [2.05, 4.69) is 5.32 Å². The minimum absolute atomic E-state index is 0.484. The summed E-state index contributed by atoms with van der Waals surface area (Å²) in [5, 5.41) is 61.2. The number of methoxy groups -OCH3 is 1. The number of carboxylic acids is 1. The molecule has 13 heteroatoms. The number of nitrogens with one attached hydrogen (secondary N) is 1. The van der Waals surface area contributed by atoms with Crippen LogP contribution in [0.5, 0.6) is 0 Å². The number of hydrogen-bond acceptors (Lipinski definition) is 11. The summed E-state index contributed by atoms with van der Waals surface area (Å²) < 4.78 is 20.7. The third-order valence-electron chi connectivity index (χ3n) is 4.54. The SMILES string of the molecule is CO[C@H]1O[C@H](CO[C@@H]2O[C@H](C(=O)O)[C@@H](O)[C@H](O)[C@H]2O)[C@@H](O)[C@H](O)[C@H]1NC(C)=O. The first kappa shape index (κ1) is 22.9. The van der Waals surface area contributed by atoms with Gasteiger partial charge < -0.3 is 54.9 Å². The van der Waals surface area contributed by atoms with Crippen LogP contribution < -0.4 is 5.32 Å². The number of carboxylic acid groups (broad SMARTS) is 1. The lowest BCUT2D eigenvalue weighted by Crippen LogP contribution is -2.65. The number of aliphatic hydroxyl groups is 5. The van der Waals surface area contributed by atoms with E-state index in [0.717, 1.165) is 0 Å². The largest absolute Gasteiger partial charge is 0.479 e. The summed E-state index contributed by atoms with van der Waals surface area (Å²) in [7, 11) is 1.25. The molecule has 0 aromatic rings. The van der Waals surface area contributed by atoms with Gasteiger partial charge in [-0.15, -0.1) is 0 Å². The van der Waals surface area contributed by atoms with Crippen molar-refractivity contribution in [1.29, 1.82) is 0 Å². The van der Waals surface area contributed by atoms with Crippen LogP contribution in [0.15, 0.2) is 0 Å². The molecule has 7 N–H and O–H groups in total. The lowest BCUT2D eigenvalue weighted by Gasteiger charge is -2.43. The molecule has 2 heterocycles. The molecule has 0 bridgehead atoms. The molecular formula is C15H25NO12. The quantitative estimate of drug-likeness (QED) is 0.221. The third kappa shape index (κ3) is 4.76. The van der Waals surface area contributed by atoms with Gasteiger partial charge in [0.2, 0.25) is 5.91 Å². The van der Waals surface area contributed by atoms with E-state index in [0.29, 0.717) is 0 Å². The van der Waals surface area contributed by atoms with Gasteiger partial charge in [-0.3, -0.25) is 4.79 Å². The van der Waals surface area contributed by atoms with Crippen LogP contribution in [0.2, 0.25) is 0 Å². The Morgan fingerprint density at radius 2 is 1.57 bits per heavy atom. The molecule has 10 atom stereocenters. The molecular weight excluding hydrogens is 386 g/mol. The average Bonchev–Trinajstić information content (AvgIpc) is 2.63. The summed E-state index contributed by atoms with van der Waals surface area (Å²) in [6.45, 7) is 0.711. The van der Waals surface area contributed by atoms with E-state index in [1.807, 2.05) is 0 Å². The number of aliphatic hydroxyl groups excluding tert-OH is 5. The van der Waals surface area contributed by atoms with E-state index in [4.69, 9.17) is 24.1 Å². The van der Waals surface area contributed by atoms with Crippen LogP contribution in [0, 0.1) is 0 Å². The van der Waals surface area contributed by atoms with Crippen molar-refractivity contribution in [3.05, 3.63) is 0 Å². The number of ether oxygens (including phenoxy) is 4. The number of amides is 1. The van der Waals surface area contributed by atoms with Gasteiger partial charge in [-0.05, 0) is 0 Å². The molecule has 0 aliphatic carbocycles. The Kier molecular flexibility index (Phi) is 7.66. The van der Waals surface area contributed by atoms with Crippen molar-refractivity contribution < 1.29 is 59.2 Å². The van der Waals surface area contributed by atoms with Crippen LogP contribution in [-0.2, 0) is 28.5 Å². The standard InChI is InChI=1S/C15H25NO12/c1-4(17)16-6-8(19)7(18)5(27-14(6)25-2)3-26-15-11(22)9(20)10(21)12(28-15)13(23)24/h5-12,14-15,18-22H,3H2,1-2H3,(H,16,17)(H,23,24)/t5-,6-,7-,8-,9+,10+,11-,12+,14+,15-/m1/s1. The Morgan fingerprint density at radius 3 is 2.11 bits per heavy atom. The Labute approximate surface area is 159 Å². The van der Waals surface area contributed by atoms with Crippen LogP contribution in [0.3, 0.4) is 0 Å². The van der Waals surface area contributed by atoms with Gasteiger partial charge in [0.15, 0.2) is 18.7 Å². The summed E-state index contributed by atoms with van der Waals surface area (Å²) in [6, 6.07) is -1.06. The van der Waals surface area contributed by atoms with Gasteiger partial charge in [0.25, 0.3) is 0 Å². The third-order valence-corrected chi connectivity index (χ3v) is 4.54. The zero-order chi connectivity index (χ0) is 21.2. The fraction of sp³-hybridized carbons (Fsp3) is 0.867. The lowest BCUT2D eigenvalue weighted by atomic mass is 9.96. The predicted octanol–water partition coefficient (Wildman–Crippen LogP) is -4.51. The van der Waals surface area contributed by atoms with Gasteiger partial charge in [0, 0.05) is 14.0 Å². The van der Waals surface area contributed by atoms with Gasteiger partial charge in [0.1, 0.15) is 42.7 Å². The van der Waals surface area contributed by atoms with Crippen LogP contribution >= 0.6 is 0 Å². The van der Waals surface area contributed by atoms with E-state index in [1.54, 1.807) is 0 Å². The fourth-order valence-electron chi connectivity index (χ4n) is 3.04. The van der Waals surface area contributed by atoms with E-state index in [-0.39, 0.29) is 0 Å². The van der Waals surface area contributed by atoms with Crippen molar-refractivity contribution in [3.8, 4) is 0 Å². The Morgan fingerprint density at radius 1 is 0.929 bits per heavy atom. The number of carbonyl (C=O) groups is 2. The molecule has 2 saturated heterocycles. The summed E-state index contributed by atoms with van der Waals surface area (Å²) in [5.41, 5.74) is 0. The lowest BCUT2D eigenvalue weighted by molar-refractivity contribution is -0.314. The second kappa shape index (κ2) is 9.39. The summed E-state index contributed by atoms with van der Waals surface area (Å²) in [6.07, 6.45) is -14.3. The van der Waals surface area contributed by atoms with E-state index < -0.39 is 79.8 Å². The summed E-state index contributed by atoms with van der Waals surface area (Å²) in [5.74, 6) is -2.06. The molecule has 0 saturated carbocycles. The van der Waals surface area contributed by atoms with Crippen molar-refractivity contribution in [2.75, 3.05) is 13.7 Å². The Bertz CT molecular complexity index is 559. The van der Waals surface area contributed by atoms with Gasteiger partial charge in [0.05, 0.1) is 6.61 Å². The molecule has 2 aliphatic heterocycles. The van der Waals surface area contributed by atoms with Crippen LogP contribution in [-0.4, -0.2) is 118 Å². The highest BCUT2D eigenvalue weighted by Gasteiger charge is 2.49. The zero-order valence-corrected chi connectivity index (χ0v) is 15.1. The van der Waals surface area contributed by atoms with Crippen molar-refractivity contribution in [2.45, 2.75) is 68.3 Å². The highest BCUT2D eigenvalue weighted by molar-refractivity contribution is 5.73. The van der Waals surface area contributed by atoms with E-state index in [9.17, 15) is 35.1 Å². The zero-order valence-electron chi connectivity index (χ0n) is 15.1. The van der Waals surface area contributed by atoms with E-state index >= 15 is 0 Å². The molecule has 0 aromatic heterocycles. The Hall–Kier alpha value is -1.42. The van der Waals surface area contributed by atoms with Gasteiger partial charge in [-0.1, -0.05) is 0 Å². The van der Waals surface area contributed by atoms with Crippen LogP contribution in [0.4, 0.5) is 0 Å². The van der Waals surface area contributed by atoms with E-state index in [1.165, 1.54) is 14.0 Å². The second-order valence-corrected chi connectivity index (χ2v) is 6.55. The molecule has 162 valence electrons. The monoisotopic (exact) mass is 411 g/mol. The maximum absolute atomic E-state index is 11.2. The summed E-state index contributed by atoms with van der Waals surface area (Å²) >= 11 is 0. The highest BCUT2D eigenvalue weighted by Crippen LogP contribution is 2.26. The molecule has 1 amide bonds. The van der Waals surface area contributed by atoms with Crippen molar-refractivity contribution >= 4 is 11.9 Å². The first-order valence-corrected chi connectivity index (χ1v) is 8.44. The van der Waals surface area contributed by atoms with Crippen molar-refractivity contribution in [3.63, 3.8) is 0 Å². The fourth-order valence-corrected chi connectivity index (χ4v) is 3.04. The molecule has 2 rings (SSSR count). The van der Waals surface area contributed by atoms with Gasteiger partial charge in [-0.2, -0.15) is 0 Å². The molecule has 28 heavy (non-hydrogen) atoms. The number of hydrogen-bond donors (Lipinski definition) is 7. The van der Waals surface area contributed by atoms with Gasteiger partial charge >= 0.3 is 5.97 Å². The molecule has 13 nitrogen and oxygen atoms in total. The Balaban J connectivity index is 2.03. The summed E-state index contributed by atoms with van der Waals surface area (Å²) in [4.78, 5) is 22.3. The average molecular weight is 411 g/mol. The molecule has 2 aliphatic rings. The van der Waals surface area contributed by atoms with Crippen molar-refractivity contribution in [1.82, 2.24) is 5.32 Å². The van der Waals surface area contributed by atoms with Crippen LogP contribution in [0.1, 0.15) is 6.92 Å². The minimum atomic E-state index is -1.87. The number of carbonyl (C=O) groups excluding carboxylic acids is 1. The minimum Gasteiger partial charge on any atom is -0.479 e. The number of aliphatic carboxylic acids is 1. The highest BCUT2D eigenvalue weighted by atomic mass is 16.7. The second-order valence-electron chi connectivity index (χ2n) is 6.55. The smallest absolute Gasteiger partial charge is 0.335 e. The molecule has 2 fully saturated rings. The first-order chi connectivity index (χ1) is 13.1. The van der Waals surface area contributed by atoms with Crippen LogP contribution in [0.25, 0.3) is 0 Å². The predicted molar refractivity (Wildman–Crippen MR) is 85.6 cm³/mol. The maximum Gasteiger partial charge on any atom is 0.335 e. The maximum atomic E-state index is 11.2. The molecule has 0 unspecified atom stereocenters.